The van der Waals surface area contributed by atoms with Gasteiger partial charge in [-0.05, 0) is 37.5 Å². The molecule has 1 aromatic rings. The van der Waals surface area contributed by atoms with E-state index in [1.807, 2.05) is 20.8 Å². The molecule has 4 heteroatoms. The van der Waals surface area contributed by atoms with Crippen LogP contribution < -0.4 is 9.64 Å². The second-order valence-electron chi connectivity index (χ2n) is 4.15. The molecular weight excluding hydrogens is 282 g/mol. The molecule has 0 aliphatic carbocycles. The van der Waals surface area contributed by atoms with Gasteiger partial charge >= 0.3 is 0 Å². The molecule has 0 fully saturated rings. The summed E-state index contributed by atoms with van der Waals surface area (Å²) in [6, 6.07) is 0. The van der Waals surface area contributed by atoms with Crippen LogP contribution in [0, 0.1) is 20.8 Å². The van der Waals surface area contributed by atoms with Crippen molar-refractivity contribution in [3.63, 3.8) is 0 Å². The first-order chi connectivity index (χ1) is 7.82. The molecule has 0 spiro atoms. The minimum atomic E-state index is -0.0125. The molecule has 94 valence electrons. The molecule has 0 aliphatic heterocycles. The summed E-state index contributed by atoms with van der Waals surface area (Å²) < 4.78 is 6.48. The van der Waals surface area contributed by atoms with Crippen LogP contribution in [0.2, 0.25) is 0 Å². The van der Waals surface area contributed by atoms with Crippen LogP contribution in [-0.2, 0) is 4.79 Å². The number of benzene rings is 1. The molecule has 1 amide bonds. The summed E-state index contributed by atoms with van der Waals surface area (Å²) in [5, 5.41) is 0. The molecule has 17 heavy (non-hydrogen) atoms. The van der Waals surface area contributed by atoms with E-state index in [4.69, 9.17) is 4.74 Å². The van der Waals surface area contributed by atoms with Crippen molar-refractivity contribution in [1.29, 1.82) is 0 Å². The largest absolute Gasteiger partial charge is 0.494 e. The van der Waals surface area contributed by atoms with E-state index in [-0.39, 0.29) is 5.91 Å². The number of hydrogen-bond acceptors (Lipinski definition) is 2. The Morgan fingerprint density at radius 1 is 1.18 bits per heavy atom. The van der Waals surface area contributed by atoms with E-state index >= 15 is 0 Å². The van der Waals surface area contributed by atoms with E-state index in [9.17, 15) is 4.79 Å². The predicted octanol–water partition coefficient (Wildman–Crippen LogP) is 3.37. The summed E-state index contributed by atoms with van der Waals surface area (Å²) in [4.78, 5) is 13.1. The fourth-order valence-electron chi connectivity index (χ4n) is 1.88. The predicted molar refractivity (Wildman–Crippen MR) is 74.0 cm³/mol. The van der Waals surface area contributed by atoms with Gasteiger partial charge in [0.15, 0.2) is 0 Å². The molecular formula is C13H18BrNO2. The Labute approximate surface area is 111 Å². The summed E-state index contributed by atoms with van der Waals surface area (Å²) in [5.74, 6) is 0.752. The van der Waals surface area contributed by atoms with Gasteiger partial charge < -0.3 is 9.64 Å². The first-order valence-electron chi connectivity index (χ1n) is 5.40. The Morgan fingerprint density at radius 3 is 2.12 bits per heavy atom. The third-order valence-corrected chi connectivity index (χ3v) is 4.33. The first kappa shape index (κ1) is 14.0. The van der Waals surface area contributed by atoms with Gasteiger partial charge in [-0.1, -0.05) is 15.9 Å². The molecule has 1 rings (SSSR count). The lowest BCUT2D eigenvalue weighted by molar-refractivity contribution is -0.116. The Balaban J connectivity index is 3.63. The Kier molecular flexibility index (Phi) is 4.20. The number of carbonyl (C=O) groups excluding carboxylic acids is 1. The normalized spacial score (nSPS) is 10.3. The minimum absolute atomic E-state index is 0.0125. The maximum absolute atomic E-state index is 11.5. The van der Waals surface area contributed by atoms with Crippen molar-refractivity contribution in [2.45, 2.75) is 27.7 Å². The zero-order valence-corrected chi connectivity index (χ0v) is 12.7. The molecule has 0 heterocycles. The number of ether oxygens (including phenoxy) is 1. The highest BCUT2D eigenvalue weighted by atomic mass is 79.9. The molecule has 0 radical (unpaired) electrons. The van der Waals surface area contributed by atoms with Gasteiger partial charge in [0.25, 0.3) is 0 Å². The number of nitrogens with zero attached hydrogens (tertiary/aromatic N) is 1. The van der Waals surface area contributed by atoms with Gasteiger partial charge in [0, 0.05) is 18.4 Å². The SMILES string of the molecule is COc1c(C)c(C)c(Br)c(C)c1N(C)C(C)=O. The molecule has 0 N–H and O–H groups in total. The molecule has 1 aromatic carbocycles. The van der Waals surface area contributed by atoms with Crippen LogP contribution in [0.1, 0.15) is 23.6 Å². The minimum Gasteiger partial charge on any atom is -0.494 e. The van der Waals surface area contributed by atoms with Crippen molar-refractivity contribution in [2.24, 2.45) is 0 Å². The fraction of sp³-hybridized carbons (Fsp3) is 0.462. The number of rotatable bonds is 2. The smallest absolute Gasteiger partial charge is 0.223 e. The Hall–Kier alpha value is -1.03. The molecule has 0 aliphatic rings. The van der Waals surface area contributed by atoms with E-state index in [0.29, 0.717) is 0 Å². The average Bonchev–Trinajstić information content (AvgIpc) is 2.29. The van der Waals surface area contributed by atoms with Crippen molar-refractivity contribution >= 4 is 27.5 Å². The Morgan fingerprint density at radius 2 is 1.71 bits per heavy atom. The number of amides is 1. The number of halogens is 1. The van der Waals surface area contributed by atoms with Crippen molar-refractivity contribution in [3.8, 4) is 5.75 Å². The monoisotopic (exact) mass is 299 g/mol. The maximum atomic E-state index is 11.5. The zero-order valence-electron chi connectivity index (χ0n) is 11.1. The van der Waals surface area contributed by atoms with E-state index < -0.39 is 0 Å². The van der Waals surface area contributed by atoms with Gasteiger partial charge in [-0.15, -0.1) is 0 Å². The van der Waals surface area contributed by atoms with E-state index in [1.165, 1.54) is 0 Å². The highest BCUT2D eigenvalue weighted by Crippen LogP contribution is 2.41. The molecule has 0 aromatic heterocycles. The quantitative estimate of drug-likeness (QED) is 0.838. The summed E-state index contributed by atoms with van der Waals surface area (Å²) in [7, 11) is 3.39. The van der Waals surface area contributed by atoms with E-state index in [0.717, 1.165) is 32.6 Å². The summed E-state index contributed by atoms with van der Waals surface area (Å²) in [6.45, 7) is 7.55. The van der Waals surface area contributed by atoms with Crippen molar-refractivity contribution < 1.29 is 9.53 Å². The third-order valence-electron chi connectivity index (χ3n) is 3.14. The van der Waals surface area contributed by atoms with Crippen LogP contribution in [0.5, 0.6) is 5.75 Å². The lowest BCUT2D eigenvalue weighted by Gasteiger charge is -2.24. The average molecular weight is 300 g/mol. The van der Waals surface area contributed by atoms with Crippen molar-refractivity contribution in [1.82, 2.24) is 0 Å². The van der Waals surface area contributed by atoms with Crippen molar-refractivity contribution in [3.05, 3.63) is 21.2 Å². The number of hydrogen-bond donors (Lipinski definition) is 0. The highest BCUT2D eigenvalue weighted by molar-refractivity contribution is 9.10. The van der Waals surface area contributed by atoms with Gasteiger partial charge in [0.1, 0.15) is 5.75 Å². The van der Waals surface area contributed by atoms with Crippen LogP contribution >= 0.6 is 15.9 Å². The van der Waals surface area contributed by atoms with Gasteiger partial charge in [-0.3, -0.25) is 4.79 Å². The van der Waals surface area contributed by atoms with Crippen LogP contribution in [0.25, 0.3) is 0 Å². The van der Waals surface area contributed by atoms with E-state index in [1.54, 1.807) is 26.0 Å². The lowest BCUT2D eigenvalue weighted by atomic mass is 10.0. The summed E-state index contributed by atoms with van der Waals surface area (Å²) in [5.41, 5.74) is 4.03. The van der Waals surface area contributed by atoms with Gasteiger partial charge in [-0.25, -0.2) is 0 Å². The molecule has 0 unspecified atom stereocenters. The van der Waals surface area contributed by atoms with Crippen LogP contribution in [0.4, 0.5) is 5.69 Å². The summed E-state index contributed by atoms with van der Waals surface area (Å²) in [6.07, 6.45) is 0. The number of carbonyl (C=O) groups is 1. The zero-order chi connectivity index (χ0) is 13.3. The number of methoxy groups -OCH3 is 1. The molecule has 0 bridgehead atoms. The highest BCUT2D eigenvalue weighted by Gasteiger charge is 2.21. The van der Waals surface area contributed by atoms with Crippen LogP contribution in [-0.4, -0.2) is 20.1 Å². The standard InChI is InChI=1S/C13H18BrNO2/c1-7-8(2)13(17-6)12(9(3)11(7)14)15(5)10(4)16/h1-6H3. The fourth-order valence-corrected chi connectivity index (χ4v) is 2.36. The van der Waals surface area contributed by atoms with Crippen LogP contribution in [0.3, 0.4) is 0 Å². The molecule has 0 saturated carbocycles. The Bertz CT molecular complexity index is 469. The number of anilines is 1. The topological polar surface area (TPSA) is 29.5 Å². The second kappa shape index (κ2) is 5.08. The van der Waals surface area contributed by atoms with Gasteiger partial charge in [-0.2, -0.15) is 0 Å². The third kappa shape index (κ3) is 2.32. The van der Waals surface area contributed by atoms with E-state index in [2.05, 4.69) is 15.9 Å². The maximum Gasteiger partial charge on any atom is 0.223 e. The molecule has 3 nitrogen and oxygen atoms in total. The second-order valence-corrected chi connectivity index (χ2v) is 4.94. The van der Waals surface area contributed by atoms with Crippen molar-refractivity contribution in [2.75, 3.05) is 19.1 Å². The van der Waals surface area contributed by atoms with Gasteiger partial charge in [0.05, 0.1) is 12.8 Å². The summed E-state index contributed by atoms with van der Waals surface area (Å²) >= 11 is 3.57. The van der Waals surface area contributed by atoms with Crippen LogP contribution in [0.15, 0.2) is 4.47 Å². The molecule has 0 atom stereocenters. The van der Waals surface area contributed by atoms with Gasteiger partial charge in [0.2, 0.25) is 5.91 Å². The molecule has 0 saturated heterocycles. The lowest BCUT2D eigenvalue weighted by Crippen LogP contribution is -2.25. The first-order valence-corrected chi connectivity index (χ1v) is 6.19.